The predicted octanol–water partition coefficient (Wildman–Crippen LogP) is 2.12. The highest BCUT2D eigenvalue weighted by Crippen LogP contribution is 2.31. The number of halogens is 1. The molecule has 0 bridgehead atoms. The Morgan fingerprint density at radius 1 is 1.32 bits per heavy atom. The van der Waals surface area contributed by atoms with Gasteiger partial charge >= 0.3 is 0 Å². The van der Waals surface area contributed by atoms with E-state index in [1.807, 2.05) is 6.07 Å². The Kier molecular flexibility index (Phi) is 3.41. The molecule has 1 aromatic rings. The molecule has 2 aliphatic rings. The third-order valence-corrected chi connectivity index (χ3v) is 4.00. The summed E-state index contributed by atoms with van der Waals surface area (Å²) in [6.07, 6.45) is 3.38. The Morgan fingerprint density at radius 3 is 2.84 bits per heavy atom. The summed E-state index contributed by atoms with van der Waals surface area (Å²) in [6.45, 7) is 1.49. The van der Waals surface area contributed by atoms with E-state index in [0.29, 0.717) is 18.2 Å². The van der Waals surface area contributed by atoms with E-state index in [2.05, 4.69) is 21.2 Å². The van der Waals surface area contributed by atoms with Crippen LogP contribution in [0.25, 0.3) is 0 Å². The van der Waals surface area contributed by atoms with Crippen LogP contribution in [-0.4, -0.2) is 30.8 Å². The molecule has 3 rings (SSSR count). The number of benzene rings is 1. The topological polar surface area (TPSA) is 49.4 Å². The fourth-order valence-corrected chi connectivity index (χ4v) is 2.67. The number of fused-ring (bicyclic) bond motifs is 1. The number of amides is 1. The maximum absolute atomic E-state index is 12.0. The summed E-state index contributed by atoms with van der Waals surface area (Å²) in [5.41, 5.74) is 1.25. The average Bonchev–Trinajstić information content (AvgIpc) is 3.18. The van der Waals surface area contributed by atoms with Crippen LogP contribution in [0.5, 0.6) is 0 Å². The molecule has 1 N–H and O–H groups in total. The molecular formula is C14H15BrN2O2. The highest BCUT2D eigenvalue weighted by Gasteiger charge is 2.35. The van der Waals surface area contributed by atoms with Crippen molar-refractivity contribution in [3.05, 3.63) is 28.2 Å². The lowest BCUT2D eigenvalue weighted by Gasteiger charge is -2.16. The number of nitrogens with zero attached hydrogens (tertiary/aromatic N) is 1. The van der Waals surface area contributed by atoms with Gasteiger partial charge in [-0.2, -0.15) is 0 Å². The first-order valence-corrected chi connectivity index (χ1v) is 7.35. The van der Waals surface area contributed by atoms with Gasteiger partial charge < -0.3 is 10.2 Å². The van der Waals surface area contributed by atoms with Crippen LogP contribution in [-0.2, 0) is 4.79 Å². The summed E-state index contributed by atoms with van der Waals surface area (Å²) in [5.74, 6) is -0.794. The second-order valence-corrected chi connectivity index (χ2v) is 5.95. The maximum Gasteiger partial charge on any atom is 0.299 e. The van der Waals surface area contributed by atoms with Crippen LogP contribution in [0.4, 0.5) is 5.69 Å². The Hall–Kier alpha value is -1.20. The number of hydrogen-bond donors (Lipinski definition) is 1. The standard InChI is InChI=1S/C14H15BrN2O2/c15-9-2-5-11-12(8-9)17(14(19)13(11)18)7-1-6-16-10-3-4-10/h2,5,8,10,16H,1,3-4,6-7H2. The van der Waals surface area contributed by atoms with E-state index in [4.69, 9.17) is 0 Å². The zero-order chi connectivity index (χ0) is 13.4. The van der Waals surface area contributed by atoms with E-state index in [9.17, 15) is 9.59 Å². The zero-order valence-corrected chi connectivity index (χ0v) is 12.1. The Morgan fingerprint density at radius 2 is 2.11 bits per heavy atom. The molecule has 1 saturated carbocycles. The molecule has 0 unspecified atom stereocenters. The molecule has 1 fully saturated rings. The molecule has 0 atom stereocenters. The third-order valence-electron chi connectivity index (χ3n) is 3.50. The monoisotopic (exact) mass is 322 g/mol. The van der Waals surface area contributed by atoms with Gasteiger partial charge in [0.2, 0.25) is 0 Å². The largest absolute Gasteiger partial charge is 0.314 e. The van der Waals surface area contributed by atoms with Crippen LogP contribution in [0.1, 0.15) is 29.6 Å². The molecule has 1 aliphatic carbocycles. The van der Waals surface area contributed by atoms with Crippen molar-refractivity contribution in [2.75, 3.05) is 18.0 Å². The van der Waals surface area contributed by atoms with Crippen LogP contribution in [0.15, 0.2) is 22.7 Å². The van der Waals surface area contributed by atoms with Gasteiger partial charge in [-0.25, -0.2) is 0 Å². The highest BCUT2D eigenvalue weighted by atomic mass is 79.9. The lowest BCUT2D eigenvalue weighted by Crippen LogP contribution is -2.32. The fraction of sp³-hybridized carbons (Fsp3) is 0.429. The molecule has 0 aromatic heterocycles. The Labute approximate surface area is 120 Å². The minimum Gasteiger partial charge on any atom is -0.314 e. The molecule has 5 heteroatoms. The summed E-state index contributed by atoms with van der Waals surface area (Å²) >= 11 is 3.38. The van der Waals surface area contributed by atoms with Crippen molar-refractivity contribution in [1.29, 1.82) is 0 Å². The number of carbonyl (C=O) groups excluding carboxylic acids is 2. The van der Waals surface area contributed by atoms with E-state index in [0.717, 1.165) is 23.1 Å². The minimum absolute atomic E-state index is 0.391. The summed E-state index contributed by atoms with van der Waals surface area (Å²) in [7, 11) is 0. The van der Waals surface area contributed by atoms with Gasteiger partial charge in [-0.15, -0.1) is 0 Å². The first kappa shape index (κ1) is 12.8. The number of Topliss-reactive ketones (excluding diaryl/α,β-unsaturated/α-hetero) is 1. The quantitative estimate of drug-likeness (QED) is 0.667. The normalized spacial score (nSPS) is 18.1. The lowest BCUT2D eigenvalue weighted by atomic mass is 10.1. The van der Waals surface area contributed by atoms with Gasteiger partial charge in [0.05, 0.1) is 11.3 Å². The Bertz CT molecular complexity index is 540. The van der Waals surface area contributed by atoms with Crippen molar-refractivity contribution in [2.24, 2.45) is 0 Å². The summed E-state index contributed by atoms with van der Waals surface area (Å²) < 4.78 is 0.884. The number of carbonyl (C=O) groups is 2. The lowest BCUT2D eigenvalue weighted by molar-refractivity contribution is -0.114. The summed E-state index contributed by atoms with van der Waals surface area (Å²) in [4.78, 5) is 25.4. The van der Waals surface area contributed by atoms with Crippen molar-refractivity contribution in [2.45, 2.75) is 25.3 Å². The molecule has 0 radical (unpaired) electrons. The smallest absolute Gasteiger partial charge is 0.299 e. The number of ketones is 1. The highest BCUT2D eigenvalue weighted by molar-refractivity contribution is 9.10. The predicted molar refractivity (Wildman–Crippen MR) is 76.5 cm³/mol. The van der Waals surface area contributed by atoms with Crippen LogP contribution in [0.2, 0.25) is 0 Å². The SMILES string of the molecule is O=C1C(=O)N(CCCNC2CC2)c2cc(Br)ccc21. The molecule has 1 aliphatic heterocycles. The molecular weight excluding hydrogens is 308 g/mol. The fourth-order valence-electron chi connectivity index (χ4n) is 2.32. The molecule has 0 spiro atoms. The van der Waals surface area contributed by atoms with Gasteiger partial charge in [-0.1, -0.05) is 15.9 Å². The second-order valence-electron chi connectivity index (χ2n) is 5.03. The van der Waals surface area contributed by atoms with Gasteiger partial charge in [0.1, 0.15) is 0 Å². The first-order chi connectivity index (χ1) is 9.16. The molecule has 19 heavy (non-hydrogen) atoms. The third kappa shape index (κ3) is 2.58. The number of hydrogen-bond acceptors (Lipinski definition) is 3. The first-order valence-electron chi connectivity index (χ1n) is 6.56. The van der Waals surface area contributed by atoms with Gasteiger partial charge in [-0.05, 0) is 44.0 Å². The van der Waals surface area contributed by atoms with Gasteiger partial charge in [-0.3, -0.25) is 9.59 Å². The molecule has 0 saturated heterocycles. The van der Waals surface area contributed by atoms with E-state index < -0.39 is 11.7 Å². The maximum atomic E-state index is 12.0. The second kappa shape index (κ2) is 5.06. The molecule has 4 nitrogen and oxygen atoms in total. The molecule has 1 aromatic carbocycles. The van der Waals surface area contributed by atoms with E-state index in [1.165, 1.54) is 12.8 Å². The van der Waals surface area contributed by atoms with Crippen LogP contribution >= 0.6 is 15.9 Å². The summed E-state index contributed by atoms with van der Waals surface area (Å²) in [5, 5.41) is 3.41. The van der Waals surface area contributed by atoms with Crippen molar-refractivity contribution in [1.82, 2.24) is 5.32 Å². The zero-order valence-electron chi connectivity index (χ0n) is 10.5. The van der Waals surface area contributed by atoms with Gasteiger partial charge in [0.25, 0.3) is 11.7 Å². The van der Waals surface area contributed by atoms with Crippen LogP contribution in [0, 0.1) is 0 Å². The van der Waals surface area contributed by atoms with E-state index >= 15 is 0 Å². The molecule has 1 amide bonds. The van der Waals surface area contributed by atoms with Crippen molar-refractivity contribution < 1.29 is 9.59 Å². The van der Waals surface area contributed by atoms with Crippen molar-refractivity contribution >= 4 is 33.3 Å². The van der Waals surface area contributed by atoms with Crippen molar-refractivity contribution in [3.63, 3.8) is 0 Å². The number of anilines is 1. The number of nitrogens with one attached hydrogen (secondary N) is 1. The molecule has 100 valence electrons. The van der Waals surface area contributed by atoms with Crippen LogP contribution < -0.4 is 10.2 Å². The summed E-state index contributed by atoms with van der Waals surface area (Å²) in [6, 6.07) is 6.02. The van der Waals surface area contributed by atoms with E-state index in [-0.39, 0.29) is 0 Å². The van der Waals surface area contributed by atoms with Crippen LogP contribution in [0.3, 0.4) is 0 Å². The minimum atomic E-state index is -0.403. The van der Waals surface area contributed by atoms with Gasteiger partial charge in [0, 0.05) is 17.1 Å². The van der Waals surface area contributed by atoms with Crippen molar-refractivity contribution in [3.8, 4) is 0 Å². The Balaban J connectivity index is 1.68. The van der Waals surface area contributed by atoms with Gasteiger partial charge in [0.15, 0.2) is 0 Å². The molecule has 1 heterocycles. The average molecular weight is 323 g/mol. The van der Waals surface area contributed by atoms with E-state index in [1.54, 1.807) is 17.0 Å². The number of rotatable bonds is 5.